The standard InChI is InChI=1S/C20H31NO2/c1-3-5-8-16(4-2)14-21-20(22)15-23-19-12-11-17-9-6-7-10-18(17)13-19/h11-13,16H,3-10,14-15H2,1-2H3,(H,21,22). The van der Waals surface area contributed by atoms with E-state index in [-0.39, 0.29) is 12.5 Å². The molecule has 0 saturated heterocycles. The van der Waals surface area contributed by atoms with Crippen LogP contribution in [0.3, 0.4) is 0 Å². The van der Waals surface area contributed by atoms with Crippen molar-refractivity contribution in [1.29, 1.82) is 0 Å². The summed E-state index contributed by atoms with van der Waals surface area (Å²) in [5.74, 6) is 1.39. The molecule has 0 aromatic heterocycles. The maximum Gasteiger partial charge on any atom is 0.257 e. The first-order chi connectivity index (χ1) is 11.2. The molecule has 1 atom stereocenters. The van der Waals surface area contributed by atoms with E-state index >= 15 is 0 Å². The van der Waals surface area contributed by atoms with Gasteiger partial charge in [-0.1, -0.05) is 39.2 Å². The zero-order valence-corrected chi connectivity index (χ0v) is 14.7. The minimum atomic E-state index is -0.0160. The Labute approximate surface area is 140 Å². The SMILES string of the molecule is CCCCC(CC)CNC(=O)COc1ccc2c(c1)CCCC2. The highest BCUT2D eigenvalue weighted by Crippen LogP contribution is 2.25. The van der Waals surface area contributed by atoms with Crippen LogP contribution in [0.5, 0.6) is 5.75 Å². The predicted octanol–water partition coefficient (Wildman–Crippen LogP) is 4.28. The zero-order chi connectivity index (χ0) is 16.5. The third-order valence-electron chi connectivity index (χ3n) is 4.82. The van der Waals surface area contributed by atoms with Crippen molar-refractivity contribution in [3.8, 4) is 5.75 Å². The van der Waals surface area contributed by atoms with Crippen LogP contribution in [0.25, 0.3) is 0 Å². The van der Waals surface area contributed by atoms with E-state index in [0.717, 1.165) is 25.1 Å². The minimum Gasteiger partial charge on any atom is -0.484 e. The van der Waals surface area contributed by atoms with E-state index in [1.807, 2.05) is 6.07 Å². The second-order valence-corrected chi connectivity index (χ2v) is 6.65. The second-order valence-electron chi connectivity index (χ2n) is 6.65. The van der Waals surface area contributed by atoms with E-state index in [4.69, 9.17) is 4.74 Å². The number of hydrogen-bond donors (Lipinski definition) is 1. The Balaban J connectivity index is 1.73. The van der Waals surface area contributed by atoms with E-state index in [0.29, 0.717) is 5.92 Å². The van der Waals surface area contributed by atoms with Gasteiger partial charge in [0.15, 0.2) is 6.61 Å². The normalized spacial score (nSPS) is 14.9. The maximum absolute atomic E-state index is 12.0. The first-order valence-electron chi connectivity index (χ1n) is 9.24. The molecule has 0 aliphatic heterocycles. The molecule has 0 saturated carbocycles. The molecule has 1 N–H and O–H groups in total. The monoisotopic (exact) mass is 317 g/mol. The van der Waals surface area contributed by atoms with Crippen LogP contribution in [0, 0.1) is 5.92 Å². The highest BCUT2D eigenvalue weighted by molar-refractivity contribution is 5.77. The van der Waals surface area contributed by atoms with Crippen molar-refractivity contribution < 1.29 is 9.53 Å². The highest BCUT2D eigenvalue weighted by atomic mass is 16.5. The molecule has 0 fully saturated rings. The first kappa shape index (κ1) is 17.8. The third kappa shape index (κ3) is 5.89. The molecule has 1 aliphatic rings. The van der Waals surface area contributed by atoms with Gasteiger partial charge in [-0.3, -0.25) is 4.79 Å². The summed E-state index contributed by atoms with van der Waals surface area (Å²) in [4.78, 5) is 12.0. The number of hydrogen-bond acceptors (Lipinski definition) is 2. The molecule has 1 amide bonds. The lowest BCUT2D eigenvalue weighted by Crippen LogP contribution is -2.33. The Kier molecular flexibility index (Phi) is 7.44. The van der Waals surface area contributed by atoms with Crippen molar-refractivity contribution in [2.45, 2.75) is 65.2 Å². The first-order valence-corrected chi connectivity index (χ1v) is 9.24. The van der Waals surface area contributed by atoms with Gasteiger partial charge in [0.1, 0.15) is 5.75 Å². The molecule has 3 nitrogen and oxygen atoms in total. The van der Waals surface area contributed by atoms with Crippen LogP contribution in [-0.4, -0.2) is 19.1 Å². The second kappa shape index (κ2) is 9.59. The number of unbranched alkanes of at least 4 members (excludes halogenated alkanes) is 1. The van der Waals surface area contributed by atoms with Crippen molar-refractivity contribution in [3.63, 3.8) is 0 Å². The van der Waals surface area contributed by atoms with Crippen LogP contribution in [0.4, 0.5) is 0 Å². The van der Waals surface area contributed by atoms with Crippen LogP contribution < -0.4 is 10.1 Å². The Morgan fingerprint density at radius 3 is 2.74 bits per heavy atom. The topological polar surface area (TPSA) is 38.3 Å². The summed E-state index contributed by atoms with van der Waals surface area (Å²) in [6.07, 6.45) is 9.61. The van der Waals surface area contributed by atoms with Gasteiger partial charge >= 0.3 is 0 Å². The lowest BCUT2D eigenvalue weighted by molar-refractivity contribution is -0.123. The zero-order valence-electron chi connectivity index (χ0n) is 14.7. The average molecular weight is 317 g/mol. The summed E-state index contributed by atoms with van der Waals surface area (Å²) < 4.78 is 5.67. The molecular formula is C20H31NO2. The van der Waals surface area contributed by atoms with Gasteiger partial charge < -0.3 is 10.1 Å². The molecule has 1 aromatic carbocycles. The maximum atomic E-state index is 12.0. The summed E-state index contributed by atoms with van der Waals surface area (Å²) in [6.45, 7) is 5.28. The van der Waals surface area contributed by atoms with E-state index in [2.05, 4.69) is 31.3 Å². The number of benzene rings is 1. The Hall–Kier alpha value is -1.51. The van der Waals surface area contributed by atoms with Gasteiger partial charge in [0, 0.05) is 6.54 Å². The molecule has 1 unspecified atom stereocenters. The summed E-state index contributed by atoms with van der Waals surface area (Å²) in [6, 6.07) is 6.25. The number of amides is 1. The van der Waals surface area contributed by atoms with E-state index in [1.54, 1.807) is 0 Å². The van der Waals surface area contributed by atoms with Crippen LogP contribution in [-0.2, 0) is 17.6 Å². The fourth-order valence-electron chi connectivity index (χ4n) is 3.20. The summed E-state index contributed by atoms with van der Waals surface area (Å²) >= 11 is 0. The van der Waals surface area contributed by atoms with Crippen LogP contribution >= 0.6 is 0 Å². The largest absolute Gasteiger partial charge is 0.484 e. The third-order valence-corrected chi connectivity index (χ3v) is 4.82. The van der Waals surface area contributed by atoms with Gasteiger partial charge in [-0.05, 0) is 61.3 Å². The molecule has 23 heavy (non-hydrogen) atoms. The molecule has 0 radical (unpaired) electrons. The summed E-state index contributed by atoms with van der Waals surface area (Å²) in [5.41, 5.74) is 2.83. The van der Waals surface area contributed by atoms with Gasteiger partial charge in [-0.2, -0.15) is 0 Å². The molecular weight excluding hydrogens is 286 g/mol. The number of carbonyl (C=O) groups excluding carboxylic acids is 1. The van der Waals surface area contributed by atoms with Crippen molar-refractivity contribution in [2.24, 2.45) is 5.92 Å². The predicted molar refractivity (Wildman–Crippen MR) is 94.9 cm³/mol. The number of ether oxygens (including phenoxy) is 1. The van der Waals surface area contributed by atoms with Crippen molar-refractivity contribution in [2.75, 3.05) is 13.2 Å². The number of nitrogens with one attached hydrogen (secondary N) is 1. The Bertz CT molecular complexity index is 498. The number of aryl methyl sites for hydroxylation is 2. The van der Waals surface area contributed by atoms with Crippen LogP contribution in [0.1, 0.15) is 63.5 Å². The van der Waals surface area contributed by atoms with Gasteiger partial charge in [0.25, 0.3) is 5.91 Å². The van der Waals surface area contributed by atoms with E-state index in [1.165, 1.54) is 49.7 Å². The summed E-state index contributed by atoms with van der Waals surface area (Å²) in [7, 11) is 0. The number of rotatable bonds is 9. The molecule has 0 spiro atoms. The molecule has 0 heterocycles. The van der Waals surface area contributed by atoms with Gasteiger partial charge in [-0.15, -0.1) is 0 Å². The molecule has 1 aliphatic carbocycles. The minimum absolute atomic E-state index is 0.0160. The fraction of sp³-hybridized carbons (Fsp3) is 0.650. The lowest BCUT2D eigenvalue weighted by atomic mass is 9.92. The fourth-order valence-corrected chi connectivity index (χ4v) is 3.20. The highest BCUT2D eigenvalue weighted by Gasteiger charge is 2.11. The van der Waals surface area contributed by atoms with E-state index in [9.17, 15) is 4.79 Å². The average Bonchev–Trinajstić information content (AvgIpc) is 2.60. The Morgan fingerprint density at radius 2 is 2.00 bits per heavy atom. The smallest absolute Gasteiger partial charge is 0.257 e. The number of fused-ring (bicyclic) bond motifs is 1. The van der Waals surface area contributed by atoms with Gasteiger partial charge in [0.2, 0.25) is 0 Å². The van der Waals surface area contributed by atoms with Crippen molar-refractivity contribution in [3.05, 3.63) is 29.3 Å². The summed E-state index contributed by atoms with van der Waals surface area (Å²) in [5, 5.41) is 3.01. The van der Waals surface area contributed by atoms with Gasteiger partial charge in [0.05, 0.1) is 0 Å². The molecule has 1 aromatic rings. The van der Waals surface area contributed by atoms with Crippen molar-refractivity contribution in [1.82, 2.24) is 5.32 Å². The van der Waals surface area contributed by atoms with Crippen LogP contribution in [0.2, 0.25) is 0 Å². The Morgan fingerprint density at radius 1 is 1.22 bits per heavy atom. The molecule has 128 valence electrons. The molecule has 3 heteroatoms. The number of carbonyl (C=O) groups is 1. The van der Waals surface area contributed by atoms with E-state index < -0.39 is 0 Å². The quantitative estimate of drug-likeness (QED) is 0.738. The molecule has 0 bridgehead atoms. The van der Waals surface area contributed by atoms with Crippen LogP contribution in [0.15, 0.2) is 18.2 Å². The van der Waals surface area contributed by atoms with Crippen molar-refractivity contribution >= 4 is 5.91 Å². The lowest BCUT2D eigenvalue weighted by Gasteiger charge is -2.17. The molecule has 2 rings (SSSR count). The van der Waals surface area contributed by atoms with Gasteiger partial charge in [-0.25, -0.2) is 0 Å².